The minimum absolute atomic E-state index is 0.322. The molecule has 0 amide bonds. The van der Waals surface area contributed by atoms with Gasteiger partial charge in [-0.05, 0) is 0 Å². The van der Waals surface area contributed by atoms with E-state index in [4.69, 9.17) is 5.11 Å². The maximum atomic E-state index is 9.92. The maximum absolute atomic E-state index is 9.92. The Morgan fingerprint density at radius 1 is 1.90 bits per heavy atom. The Kier molecular flexibility index (Phi) is 1.89. The molecule has 54 valence electrons. The SMILES string of the molecule is O=C(O)COc1cnoc1. The van der Waals surface area contributed by atoms with Crippen LogP contribution in [0.4, 0.5) is 0 Å². The molecular weight excluding hydrogens is 138 g/mol. The number of nitrogens with zero attached hydrogens (tertiary/aromatic N) is 1. The highest BCUT2D eigenvalue weighted by Crippen LogP contribution is 2.05. The zero-order valence-corrected chi connectivity index (χ0v) is 4.98. The van der Waals surface area contributed by atoms with Crippen molar-refractivity contribution in [2.45, 2.75) is 0 Å². The summed E-state index contributed by atoms with van der Waals surface area (Å²) in [5.74, 6) is -0.705. The van der Waals surface area contributed by atoms with Crippen molar-refractivity contribution >= 4 is 5.97 Å². The molecule has 0 radical (unpaired) electrons. The Labute approximate surface area is 56.2 Å². The van der Waals surface area contributed by atoms with Crippen LogP contribution in [0.15, 0.2) is 17.0 Å². The summed E-state index contributed by atoms with van der Waals surface area (Å²) >= 11 is 0. The monoisotopic (exact) mass is 143 g/mol. The van der Waals surface area contributed by atoms with Crippen LogP contribution in [0.1, 0.15) is 0 Å². The summed E-state index contributed by atoms with van der Waals surface area (Å²) < 4.78 is 9.03. The van der Waals surface area contributed by atoms with Crippen LogP contribution in [0.5, 0.6) is 5.75 Å². The molecule has 5 nitrogen and oxygen atoms in total. The van der Waals surface area contributed by atoms with E-state index in [1.165, 1.54) is 12.5 Å². The maximum Gasteiger partial charge on any atom is 0.341 e. The molecule has 0 spiro atoms. The lowest BCUT2D eigenvalue weighted by Crippen LogP contribution is -2.08. The highest BCUT2D eigenvalue weighted by molar-refractivity contribution is 5.68. The van der Waals surface area contributed by atoms with E-state index in [-0.39, 0.29) is 6.61 Å². The Morgan fingerprint density at radius 3 is 3.20 bits per heavy atom. The number of rotatable bonds is 3. The second-order valence-electron chi connectivity index (χ2n) is 1.54. The molecule has 1 aromatic heterocycles. The summed E-state index contributed by atoms with van der Waals surface area (Å²) in [6.45, 7) is -0.374. The minimum atomic E-state index is -1.03. The van der Waals surface area contributed by atoms with Gasteiger partial charge in [-0.1, -0.05) is 5.16 Å². The number of hydrogen-bond acceptors (Lipinski definition) is 4. The highest BCUT2D eigenvalue weighted by Gasteiger charge is 1.99. The van der Waals surface area contributed by atoms with E-state index >= 15 is 0 Å². The zero-order valence-electron chi connectivity index (χ0n) is 4.98. The fraction of sp³-hybridized carbons (Fsp3) is 0.200. The van der Waals surface area contributed by atoms with Crippen LogP contribution in [0.3, 0.4) is 0 Å². The van der Waals surface area contributed by atoms with Crippen molar-refractivity contribution in [1.29, 1.82) is 0 Å². The fourth-order valence-electron chi connectivity index (χ4n) is 0.412. The topological polar surface area (TPSA) is 72.6 Å². The molecular formula is C5H5NO4. The molecule has 1 rings (SSSR count). The van der Waals surface area contributed by atoms with Crippen molar-refractivity contribution in [2.24, 2.45) is 0 Å². The van der Waals surface area contributed by atoms with Crippen molar-refractivity contribution < 1.29 is 19.2 Å². The molecule has 1 heterocycles. The van der Waals surface area contributed by atoms with Crippen LogP contribution in [0, 0.1) is 0 Å². The van der Waals surface area contributed by atoms with Crippen molar-refractivity contribution in [3.05, 3.63) is 12.5 Å². The van der Waals surface area contributed by atoms with E-state index < -0.39 is 5.97 Å². The van der Waals surface area contributed by atoms with Gasteiger partial charge in [-0.2, -0.15) is 0 Å². The average Bonchev–Trinajstić information content (AvgIpc) is 2.34. The molecule has 0 aliphatic rings. The van der Waals surface area contributed by atoms with Gasteiger partial charge < -0.3 is 14.4 Å². The Hall–Kier alpha value is -1.52. The first kappa shape index (κ1) is 6.60. The van der Waals surface area contributed by atoms with Gasteiger partial charge in [0, 0.05) is 0 Å². The van der Waals surface area contributed by atoms with E-state index in [0.29, 0.717) is 5.75 Å². The van der Waals surface area contributed by atoms with Crippen LogP contribution < -0.4 is 4.74 Å². The number of carboxylic acid groups (broad SMARTS) is 1. The molecule has 0 aliphatic carbocycles. The van der Waals surface area contributed by atoms with Crippen LogP contribution in [-0.4, -0.2) is 22.8 Å². The summed E-state index contributed by atoms with van der Waals surface area (Å²) in [5.41, 5.74) is 0. The van der Waals surface area contributed by atoms with Gasteiger partial charge >= 0.3 is 5.97 Å². The largest absolute Gasteiger partial charge is 0.479 e. The van der Waals surface area contributed by atoms with Crippen molar-refractivity contribution in [3.8, 4) is 5.75 Å². The molecule has 0 saturated heterocycles. The first-order valence-corrected chi connectivity index (χ1v) is 2.53. The number of carbonyl (C=O) groups is 1. The molecule has 1 aromatic rings. The molecule has 1 N–H and O–H groups in total. The molecule has 0 saturated carbocycles. The van der Waals surface area contributed by atoms with Crippen LogP contribution in [0.25, 0.3) is 0 Å². The third kappa shape index (κ3) is 1.77. The Bertz CT molecular complexity index is 205. The number of aliphatic carboxylic acids is 1. The normalized spacial score (nSPS) is 9.20. The van der Waals surface area contributed by atoms with Crippen LogP contribution in [0.2, 0.25) is 0 Å². The van der Waals surface area contributed by atoms with Gasteiger partial charge in [-0.15, -0.1) is 0 Å². The van der Waals surface area contributed by atoms with E-state index in [9.17, 15) is 4.79 Å². The quantitative estimate of drug-likeness (QED) is 0.651. The van der Waals surface area contributed by atoms with Crippen LogP contribution >= 0.6 is 0 Å². The average molecular weight is 143 g/mol. The number of carboxylic acids is 1. The third-order valence-electron chi connectivity index (χ3n) is 0.772. The van der Waals surface area contributed by atoms with E-state index in [1.54, 1.807) is 0 Å². The second kappa shape index (κ2) is 2.86. The summed E-state index contributed by atoms with van der Waals surface area (Å²) in [6, 6.07) is 0. The zero-order chi connectivity index (χ0) is 7.40. The first-order chi connectivity index (χ1) is 4.79. The van der Waals surface area contributed by atoms with E-state index in [2.05, 4.69) is 14.4 Å². The van der Waals surface area contributed by atoms with E-state index in [0.717, 1.165) is 0 Å². The lowest BCUT2D eigenvalue weighted by Gasteiger charge is -1.94. The molecule has 5 heteroatoms. The Morgan fingerprint density at radius 2 is 2.70 bits per heavy atom. The number of ether oxygens (including phenoxy) is 1. The van der Waals surface area contributed by atoms with Crippen LogP contribution in [-0.2, 0) is 4.79 Å². The lowest BCUT2D eigenvalue weighted by molar-refractivity contribution is -0.139. The molecule has 0 bridgehead atoms. The molecule has 0 aromatic carbocycles. The highest BCUT2D eigenvalue weighted by atomic mass is 16.5. The predicted octanol–water partition coefficient (Wildman–Crippen LogP) is 0.138. The molecule has 0 fully saturated rings. The van der Waals surface area contributed by atoms with Crippen molar-refractivity contribution in [1.82, 2.24) is 5.16 Å². The van der Waals surface area contributed by atoms with Gasteiger partial charge in [0.1, 0.15) is 6.20 Å². The summed E-state index contributed by atoms with van der Waals surface area (Å²) in [7, 11) is 0. The predicted molar refractivity (Wildman–Crippen MR) is 29.6 cm³/mol. The summed E-state index contributed by atoms with van der Waals surface area (Å²) in [4.78, 5) is 9.92. The van der Waals surface area contributed by atoms with Gasteiger partial charge in [0.05, 0.1) is 0 Å². The minimum Gasteiger partial charge on any atom is -0.479 e. The second-order valence-corrected chi connectivity index (χ2v) is 1.54. The van der Waals surface area contributed by atoms with Crippen molar-refractivity contribution in [3.63, 3.8) is 0 Å². The third-order valence-corrected chi connectivity index (χ3v) is 0.772. The van der Waals surface area contributed by atoms with Gasteiger partial charge in [-0.3, -0.25) is 0 Å². The Balaban J connectivity index is 2.35. The molecule has 10 heavy (non-hydrogen) atoms. The fourth-order valence-corrected chi connectivity index (χ4v) is 0.412. The summed E-state index contributed by atoms with van der Waals surface area (Å²) in [6.07, 6.45) is 2.52. The smallest absolute Gasteiger partial charge is 0.341 e. The van der Waals surface area contributed by atoms with Gasteiger partial charge in [-0.25, -0.2) is 4.79 Å². The van der Waals surface area contributed by atoms with Gasteiger partial charge in [0.25, 0.3) is 0 Å². The van der Waals surface area contributed by atoms with Gasteiger partial charge in [0.15, 0.2) is 18.6 Å². The lowest BCUT2D eigenvalue weighted by atomic mass is 10.6. The molecule has 0 atom stereocenters. The standard InChI is InChI=1S/C5H5NO4/c7-5(8)3-9-4-1-6-10-2-4/h1-2H,3H2,(H,7,8). The molecule has 0 unspecified atom stereocenters. The number of hydrogen-bond donors (Lipinski definition) is 1. The molecule has 0 aliphatic heterocycles. The van der Waals surface area contributed by atoms with Gasteiger partial charge in [0.2, 0.25) is 0 Å². The van der Waals surface area contributed by atoms with Crippen molar-refractivity contribution in [2.75, 3.05) is 6.61 Å². The first-order valence-electron chi connectivity index (χ1n) is 2.53. The van der Waals surface area contributed by atoms with E-state index in [1.807, 2.05) is 0 Å². The summed E-state index contributed by atoms with van der Waals surface area (Å²) in [5, 5.41) is 11.4. The number of aromatic nitrogens is 1.